The van der Waals surface area contributed by atoms with E-state index >= 15 is 0 Å². The van der Waals surface area contributed by atoms with Crippen LogP contribution in [0.1, 0.15) is 5.56 Å². The monoisotopic (exact) mass is 430 g/mol. The minimum atomic E-state index is -0.703. The van der Waals surface area contributed by atoms with Gasteiger partial charge in [-0.05, 0) is 24.4 Å². The SMILES string of the molecule is COc1cc(NC(=S)NCCNCC(O)COc2ccccc2C#N)cc(OC)c1. The number of hydrogen-bond donors (Lipinski definition) is 4. The second-order valence-electron chi connectivity index (χ2n) is 6.26. The van der Waals surface area contributed by atoms with Crippen molar-refractivity contribution in [2.45, 2.75) is 6.10 Å². The topological polar surface area (TPSA) is 108 Å². The average molecular weight is 431 g/mol. The van der Waals surface area contributed by atoms with E-state index in [2.05, 4.69) is 22.0 Å². The van der Waals surface area contributed by atoms with Gasteiger partial charge in [0.15, 0.2) is 5.11 Å². The fourth-order valence-electron chi connectivity index (χ4n) is 2.52. The maximum atomic E-state index is 10.0. The molecule has 0 heterocycles. The van der Waals surface area contributed by atoms with Gasteiger partial charge < -0.3 is 35.3 Å². The number of para-hydroxylation sites is 1. The zero-order valence-corrected chi connectivity index (χ0v) is 17.8. The van der Waals surface area contributed by atoms with E-state index in [1.54, 1.807) is 44.6 Å². The second-order valence-corrected chi connectivity index (χ2v) is 6.67. The van der Waals surface area contributed by atoms with Gasteiger partial charge in [-0.2, -0.15) is 5.26 Å². The minimum absolute atomic E-state index is 0.0940. The van der Waals surface area contributed by atoms with Crippen molar-refractivity contribution in [1.82, 2.24) is 10.6 Å². The molecule has 0 saturated heterocycles. The zero-order chi connectivity index (χ0) is 21.8. The summed E-state index contributed by atoms with van der Waals surface area (Å²) in [4.78, 5) is 0. The lowest BCUT2D eigenvalue weighted by atomic mass is 10.2. The Morgan fingerprint density at radius 1 is 1.13 bits per heavy atom. The fourth-order valence-corrected chi connectivity index (χ4v) is 2.74. The van der Waals surface area contributed by atoms with Gasteiger partial charge in [0.2, 0.25) is 0 Å². The van der Waals surface area contributed by atoms with E-state index < -0.39 is 6.10 Å². The molecule has 0 aliphatic rings. The van der Waals surface area contributed by atoms with Crippen LogP contribution in [-0.4, -0.2) is 56.8 Å². The lowest BCUT2D eigenvalue weighted by Gasteiger charge is -2.15. The van der Waals surface area contributed by atoms with Crippen LogP contribution in [0.2, 0.25) is 0 Å². The molecular formula is C21H26N4O4S. The molecule has 2 aromatic rings. The van der Waals surface area contributed by atoms with Crippen molar-refractivity contribution in [2.24, 2.45) is 0 Å². The van der Waals surface area contributed by atoms with Crippen molar-refractivity contribution in [3.05, 3.63) is 48.0 Å². The molecule has 1 unspecified atom stereocenters. The van der Waals surface area contributed by atoms with Crippen molar-refractivity contribution < 1.29 is 19.3 Å². The van der Waals surface area contributed by atoms with E-state index in [1.165, 1.54) is 0 Å². The Labute approximate surface area is 181 Å². The number of ether oxygens (including phenoxy) is 3. The lowest BCUT2D eigenvalue weighted by molar-refractivity contribution is 0.106. The number of nitriles is 1. The van der Waals surface area contributed by atoms with E-state index in [1.807, 2.05) is 12.1 Å². The van der Waals surface area contributed by atoms with E-state index in [9.17, 15) is 5.11 Å². The molecule has 9 heteroatoms. The molecule has 0 spiro atoms. The van der Waals surface area contributed by atoms with Crippen LogP contribution in [0.3, 0.4) is 0 Å². The molecule has 0 amide bonds. The first-order chi connectivity index (χ1) is 14.5. The van der Waals surface area contributed by atoms with Gasteiger partial charge >= 0.3 is 0 Å². The number of aliphatic hydroxyl groups excluding tert-OH is 1. The Morgan fingerprint density at radius 2 is 1.83 bits per heavy atom. The third-order valence-corrected chi connectivity index (χ3v) is 4.26. The number of aliphatic hydroxyl groups is 1. The first kappa shape index (κ1) is 23.2. The first-order valence-electron chi connectivity index (χ1n) is 9.34. The molecule has 2 aromatic carbocycles. The van der Waals surface area contributed by atoms with E-state index in [0.717, 1.165) is 5.69 Å². The molecule has 0 fully saturated rings. The molecule has 4 N–H and O–H groups in total. The molecule has 0 aliphatic carbocycles. The maximum absolute atomic E-state index is 10.0. The summed E-state index contributed by atoms with van der Waals surface area (Å²) in [7, 11) is 3.17. The van der Waals surface area contributed by atoms with Crippen LogP contribution in [0, 0.1) is 11.3 Å². The Hall–Kier alpha value is -3.06. The van der Waals surface area contributed by atoms with Crippen LogP contribution in [0.5, 0.6) is 17.2 Å². The zero-order valence-electron chi connectivity index (χ0n) is 17.0. The fraction of sp³-hybridized carbons (Fsp3) is 0.333. The van der Waals surface area contributed by atoms with E-state index in [4.69, 9.17) is 31.7 Å². The molecule has 0 saturated carbocycles. The number of rotatable bonds is 11. The van der Waals surface area contributed by atoms with Crippen molar-refractivity contribution in [2.75, 3.05) is 45.8 Å². The second kappa shape index (κ2) is 12.5. The highest BCUT2D eigenvalue weighted by atomic mass is 32.1. The van der Waals surface area contributed by atoms with Gasteiger partial charge in [0.05, 0.1) is 19.8 Å². The molecule has 2 rings (SSSR count). The van der Waals surface area contributed by atoms with Gasteiger partial charge in [-0.1, -0.05) is 12.1 Å². The van der Waals surface area contributed by atoms with E-state index in [-0.39, 0.29) is 6.61 Å². The summed E-state index contributed by atoms with van der Waals surface area (Å²) in [5, 5.41) is 28.8. The summed E-state index contributed by atoms with van der Waals surface area (Å²) >= 11 is 5.29. The maximum Gasteiger partial charge on any atom is 0.170 e. The Bertz CT molecular complexity index is 850. The van der Waals surface area contributed by atoms with Crippen LogP contribution < -0.4 is 30.2 Å². The third-order valence-electron chi connectivity index (χ3n) is 4.02. The molecule has 1 atom stereocenters. The average Bonchev–Trinajstić information content (AvgIpc) is 2.77. The van der Waals surface area contributed by atoms with Gasteiger partial charge in [-0.15, -0.1) is 0 Å². The Balaban J connectivity index is 1.64. The summed E-state index contributed by atoms with van der Waals surface area (Å²) < 4.78 is 16.0. The lowest BCUT2D eigenvalue weighted by Crippen LogP contribution is -2.38. The van der Waals surface area contributed by atoms with Crippen LogP contribution in [0.15, 0.2) is 42.5 Å². The minimum Gasteiger partial charge on any atom is -0.497 e. The highest BCUT2D eigenvalue weighted by molar-refractivity contribution is 7.80. The molecule has 0 aliphatic heterocycles. The van der Waals surface area contributed by atoms with Gasteiger partial charge in [-0.3, -0.25) is 0 Å². The molecule has 0 radical (unpaired) electrons. The number of nitrogens with one attached hydrogen (secondary N) is 3. The van der Waals surface area contributed by atoms with Crippen molar-refractivity contribution in [3.63, 3.8) is 0 Å². The first-order valence-corrected chi connectivity index (χ1v) is 9.75. The predicted molar refractivity (Wildman–Crippen MR) is 119 cm³/mol. The molecular weight excluding hydrogens is 404 g/mol. The molecule has 8 nitrogen and oxygen atoms in total. The summed E-state index contributed by atoms with van der Waals surface area (Å²) in [6.45, 7) is 1.60. The number of anilines is 1. The Kier molecular flexibility index (Phi) is 9.67. The van der Waals surface area contributed by atoms with Crippen LogP contribution in [-0.2, 0) is 0 Å². The van der Waals surface area contributed by atoms with Gasteiger partial charge in [0, 0.05) is 43.5 Å². The number of thiocarbonyl (C=S) groups is 1. The number of nitrogens with zero attached hydrogens (tertiary/aromatic N) is 1. The summed E-state index contributed by atoms with van der Waals surface area (Å²) in [5.74, 6) is 1.79. The normalized spacial score (nSPS) is 11.1. The van der Waals surface area contributed by atoms with Crippen LogP contribution >= 0.6 is 12.2 Å². The third kappa shape index (κ3) is 7.75. The summed E-state index contributed by atoms with van der Waals surface area (Å²) in [6, 6.07) is 14.4. The largest absolute Gasteiger partial charge is 0.497 e. The smallest absolute Gasteiger partial charge is 0.170 e. The van der Waals surface area contributed by atoms with Crippen molar-refractivity contribution >= 4 is 23.0 Å². The summed E-state index contributed by atoms with van der Waals surface area (Å²) in [6.07, 6.45) is -0.703. The van der Waals surface area contributed by atoms with Gasteiger partial charge in [0.25, 0.3) is 0 Å². The molecule has 160 valence electrons. The van der Waals surface area contributed by atoms with Gasteiger partial charge in [0.1, 0.15) is 36.0 Å². The summed E-state index contributed by atoms with van der Waals surface area (Å²) in [5.41, 5.74) is 1.19. The highest BCUT2D eigenvalue weighted by Crippen LogP contribution is 2.25. The van der Waals surface area contributed by atoms with Crippen LogP contribution in [0.4, 0.5) is 5.69 Å². The molecule has 0 bridgehead atoms. The highest BCUT2D eigenvalue weighted by Gasteiger charge is 2.08. The number of benzene rings is 2. The molecule has 30 heavy (non-hydrogen) atoms. The van der Waals surface area contributed by atoms with Crippen LogP contribution in [0.25, 0.3) is 0 Å². The van der Waals surface area contributed by atoms with Crippen molar-refractivity contribution in [3.8, 4) is 23.3 Å². The Morgan fingerprint density at radius 3 is 2.50 bits per heavy atom. The number of methoxy groups -OCH3 is 2. The van der Waals surface area contributed by atoms with Crippen molar-refractivity contribution in [1.29, 1.82) is 5.26 Å². The van der Waals surface area contributed by atoms with Gasteiger partial charge in [-0.25, -0.2) is 0 Å². The molecule has 0 aromatic heterocycles. The standard InChI is InChI=1S/C21H26N4O4S/c1-27-18-9-16(10-19(11-18)28-2)25-21(30)24-8-7-23-13-17(26)14-29-20-6-4-3-5-15(20)12-22/h3-6,9-11,17,23,26H,7-8,13-14H2,1-2H3,(H2,24,25,30). The quantitative estimate of drug-likeness (QED) is 0.314. The van der Waals surface area contributed by atoms with E-state index in [0.29, 0.717) is 47.6 Å². The number of hydrogen-bond acceptors (Lipinski definition) is 7. The predicted octanol–water partition coefficient (Wildman–Crippen LogP) is 1.89.